The predicted octanol–water partition coefficient (Wildman–Crippen LogP) is 1.72. The highest BCUT2D eigenvalue weighted by molar-refractivity contribution is 7.79. The van der Waals surface area contributed by atoms with Crippen LogP contribution in [0.15, 0.2) is 18.2 Å². The van der Waals surface area contributed by atoms with Crippen molar-refractivity contribution in [3.63, 3.8) is 0 Å². The molecule has 0 aliphatic rings. The molecule has 94 valence electrons. The molecular formula is C10H14N2O4S. The number of aryl methyl sites for hydroxylation is 1. The van der Waals surface area contributed by atoms with Crippen LogP contribution in [0, 0.1) is 10.1 Å². The van der Waals surface area contributed by atoms with Crippen molar-refractivity contribution in [1.29, 1.82) is 0 Å². The molecule has 3 N–H and O–H groups in total. The van der Waals surface area contributed by atoms with Crippen LogP contribution >= 0.6 is 0 Å². The van der Waals surface area contributed by atoms with Gasteiger partial charge in [0.1, 0.15) is 5.69 Å². The Morgan fingerprint density at radius 2 is 2.12 bits per heavy atom. The van der Waals surface area contributed by atoms with Crippen LogP contribution in [0.4, 0.5) is 11.4 Å². The normalized spacial score (nSPS) is 12.3. The molecule has 0 aliphatic heterocycles. The van der Waals surface area contributed by atoms with Gasteiger partial charge in [0.2, 0.25) is 0 Å². The van der Waals surface area contributed by atoms with Gasteiger partial charge in [-0.3, -0.25) is 10.1 Å². The summed E-state index contributed by atoms with van der Waals surface area (Å²) in [4.78, 5) is 10.1. The average molecular weight is 258 g/mol. The summed E-state index contributed by atoms with van der Waals surface area (Å²) in [6, 6.07) is 4.70. The van der Waals surface area contributed by atoms with E-state index in [1.54, 1.807) is 6.07 Å². The molecule has 0 saturated carbocycles. The van der Waals surface area contributed by atoms with Crippen molar-refractivity contribution in [1.82, 2.24) is 0 Å². The molecule has 0 saturated heterocycles. The van der Waals surface area contributed by atoms with Gasteiger partial charge in [-0.15, -0.1) is 0 Å². The van der Waals surface area contributed by atoms with Gasteiger partial charge in [-0.05, 0) is 30.9 Å². The molecule has 0 aliphatic carbocycles. The summed E-state index contributed by atoms with van der Waals surface area (Å²) in [7, 11) is 0. The Balaban J connectivity index is 2.57. The molecule has 1 rings (SSSR count). The van der Waals surface area contributed by atoms with Gasteiger partial charge in [0.25, 0.3) is 5.69 Å². The summed E-state index contributed by atoms with van der Waals surface area (Å²) in [6.45, 7) is 0. The third-order valence-electron chi connectivity index (χ3n) is 2.33. The quantitative estimate of drug-likeness (QED) is 0.265. The number of nitrogens with zero attached hydrogens (tertiary/aromatic N) is 1. The van der Waals surface area contributed by atoms with Crippen molar-refractivity contribution in [3.05, 3.63) is 33.9 Å². The first-order valence-electron chi connectivity index (χ1n) is 5.11. The molecule has 0 fully saturated rings. The van der Waals surface area contributed by atoms with Crippen LogP contribution in [-0.4, -0.2) is 19.4 Å². The molecule has 0 radical (unpaired) electrons. The van der Waals surface area contributed by atoms with E-state index in [9.17, 15) is 14.3 Å². The van der Waals surface area contributed by atoms with Gasteiger partial charge in [-0.2, -0.15) is 0 Å². The van der Waals surface area contributed by atoms with Gasteiger partial charge in [0.15, 0.2) is 11.1 Å². The molecule has 1 unspecified atom stereocenters. The Morgan fingerprint density at radius 3 is 2.71 bits per heavy atom. The zero-order valence-electron chi connectivity index (χ0n) is 9.17. The topological polar surface area (TPSA) is 106 Å². The maximum absolute atomic E-state index is 10.6. The lowest BCUT2D eigenvalue weighted by molar-refractivity contribution is -0.384. The molecule has 0 aromatic heterocycles. The number of nitro groups is 1. The number of hydrogen-bond donors (Lipinski definition) is 2. The highest BCUT2D eigenvalue weighted by atomic mass is 32.2. The molecule has 6 nitrogen and oxygen atoms in total. The maximum Gasteiger partial charge on any atom is 0.292 e. The fourth-order valence-corrected chi connectivity index (χ4v) is 1.91. The van der Waals surface area contributed by atoms with Gasteiger partial charge in [-0.25, -0.2) is 4.21 Å². The van der Waals surface area contributed by atoms with E-state index in [0.717, 1.165) is 5.56 Å². The van der Waals surface area contributed by atoms with E-state index in [1.807, 2.05) is 0 Å². The maximum atomic E-state index is 10.6. The highest BCUT2D eigenvalue weighted by Crippen LogP contribution is 2.23. The molecule has 0 heterocycles. The van der Waals surface area contributed by atoms with E-state index in [0.29, 0.717) is 19.3 Å². The number of rotatable bonds is 6. The molecular weight excluding hydrogens is 244 g/mol. The van der Waals surface area contributed by atoms with E-state index >= 15 is 0 Å². The van der Waals surface area contributed by atoms with Crippen molar-refractivity contribution in [2.45, 2.75) is 19.3 Å². The Bertz CT molecular complexity index is 436. The van der Waals surface area contributed by atoms with Crippen LogP contribution < -0.4 is 5.73 Å². The predicted molar refractivity (Wildman–Crippen MR) is 66.1 cm³/mol. The molecule has 17 heavy (non-hydrogen) atoms. The molecule has 1 atom stereocenters. The number of unbranched alkanes of at least 4 members (excludes halogenated alkanes) is 1. The second kappa shape index (κ2) is 6.31. The van der Waals surface area contributed by atoms with Crippen molar-refractivity contribution < 1.29 is 13.7 Å². The second-order valence-electron chi connectivity index (χ2n) is 3.63. The van der Waals surface area contributed by atoms with Gasteiger partial charge in [0, 0.05) is 11.8 Å². The molecule has 7 heteroatoms. The zero-order chi connectivity index (χ0) is 12.8. The first kappa shape index (κ1) is 13.6. The van der Waals surface area contributed by atoms with Crippen LogP contribution in [-0.2, 0) is 17.5 Å². The zero-order valence-corrected chi connectivity index (χ0v) is 9.98. The standard InChI is InChI=1S/C10H14N2O4S/c11-9-5-4-8(7-10(9)12(13)14)3-1-2-6-17(15)16/h4-5,7H,1-3,6,11H2,(H,15,16). The molecule has 1 aromatic carbocycles. The summed E-state index contributed by atoms with van der Waals surface area (Å²) in [5.41, 5.74) is 6.34. The van der Waals surface area contributed by atoms with Crippen molar-refractivity contribution in [2.24, 2.45) is 0 Å². The summed E-state index contributed by atoms with van der Waals surface area (Å²) in [5.74, 6) is 0.233. The third kappa shape index (κ3) is 4.49. The van der Waals surface area contributed by atoms with Crippen LogP contribution in [0.5, 0.6) is 0 Å². The number of nitro benzene ring substituents is 1. The minimum absolute atomic E-state index is 0.0896. The average Bonchev–Trinajstić information content (AvgIpc) is 2.25. The van der Waals surface area contributed by atoms with Crippen LogP contribution in [0.3, 0.4) is 0 Å². The lowest BCUT2D eigenvalue weighted by atomic mass is 10.1. The summed E-state index contributed by atoms with van der Waals surface area (Å²) < 4.78 is 19.0. The van der Waals surface area contributed by atoms with E-state index < -0.39 is 16.0 Å². The Kier molecular flexibility index (Phi) is 5.05. The van der Waals surface area contributed by atoms with Crippen LogP contribution in [0.2, 0.25) is 0 Å². The van der Waals surface area contributed by atoms with Crippen molar-refractivity contribution in [3.8, 4) is 0 Å². The third-order valence-corrected chi connectivity index (χ3v) is 2.96. The van der Waals surface area contributed by atoms with Crippen LogP contribution in [0.1, 0.15) is 18.4 Å². The largest absolute Gasteiger partial charge is 0.393 e. The lowest BCUT2D eigenvalue weighted by Crippen LogP contribution is -1.98. The van der Waals surface area contributed by atoms with Crippen molar-refractivity contribution in [2.75, 3.05) is 11.5 Å². The van der Waals surface area contributed by atoms with Crippen LogP contribution in [0.25, 0.3) is 0 Å². The van der Waals surface area contributed by atoms with E-state index in [-0.39, 0.29) is 17.1 Å². The smallest absolute Gasteiger partial charge is 0.292 e. The summed E-state index contributed by atoms with van der Waals surface area (Å²) in [6.07, 6.45) is 1.97. The fraction of sp³-hybridized carbons (Fsp3) is 0.400. The molecule has 0 spiro atoms. The first-order chi connectivity index (χ1) is 8.00. The minimum atomic E-state index is -1.77. The number of benzene rings is 1. The summed E-state index contributed by atoms with van der Waals surface area (Å²) in [5, 5.41) is 10.6. The monoisotopic (exact) mass is 258 g/mol. The SMILES string of the molecule is Nc1ccc(CCCCS(=O)O)cc1[N+](=O)[O-]. The Morgan fingerprint density at radius 1 is 1.41 bits per heavy atom. The minimum Gasteiger partial charge on any atom is -0.393 e. The van der Waals surface area contributed by atoms with E-state index in [2.05, 4.69) is 0 Å². The molecule has 0 amide bonds. The highest BCUT2D eigenvalue weighted by Gasteiger charge is 2.11. The van der Waals surface area contributed by atoms with Gasteiger partial charge in [0.05, 0.1) is 4.92 Å². The number of nitrogens with two attached hydrogens (primary N) is 1. The second-order valence-corrected chi connectivity index (χ2v) is 4.68. The van der Waals surface area contributed by atoms with Crippen molar-refractivity contribution >= 4 is 22.5 Å². The number of hydrogen-bond acceptors (Lipinski definition) is 4. The molecule has 1 aromatic rings. The number of nitrogen functional groups attached to an aromatic ring is 1. The summed E-state index contributed by atoms with van der Waals surface area (Å²) >= 11 is -1.77. The van der Waals surface area contributed by atoms with Gasteiger partial charge in [-0.1, -0.05) is 6.07 Å². The number of anilines is 1. The fourth-order valence-electron chi connectivity index (χ4n) is 1.46. The van der Waals surface area contributed by atoms with E-state index in [1.165, 1.54) is 12.1 Å². The Labute approximate surface area is 101 Å². The lowest BCUT2D eigenvalue weighted by Gasteiger charge is -2.02. The van der Waals surface area contributed by atoms with Gasteiger partial charge < -0.3 is 10.3 Å². The first-order valence-corrected chi connectivity index (χ1v) is 6.38. The van der Waals surface area contributed by atoms with Gasteiger partial charge >= 0.3 is 0 Å². The Hall–Kier alpha value is -1.47. The van der Waals surface area contributed by atoms with E-state index in [4.69, 9.17) is 10.3 Å². The molecule has 0 bridgehead atoms.